The topological polar surface area (TPSA) is 362 Å². The summed E-state index contributed by atoms with van der Waals surface area (Å²) >= 11 is 0. The third kappa shape index (κ3) is 24.1. The maximum absolute atomic E-state index is 14.6. The molecule has 0 radical (unpaired) electrons. The van der Waals surface area contributed by atoms with E-state index in [1.807, 2.05) is 152 Å². The van der Waals surface area contributed by atoms with Gasteiger partial charge in [-0.1, -0.05) is 136 Å². The molecule has 9 heterocycles. The number of fused-ring (bicyclic) bond motifs is 15. The molecule has 6 unspecified atom stereocenters. The fraction of sp³-hybridized carbons (Fsp3) is 0.673. The number of carboxylic acids is 1. The van der Waals surface area contributed by atoms with E-state index in [9.17, 15) is 48.3 Å². The molecule has 3 saturated carbocycles. The number of methoxy groups -OCH3 is 3. The number of aromatic nitrogens is 6. The number of carbonyl (C=O) groups is 9. The summed E-state index contributed by atoms with van der Waals surface area (Å²) in [6.45, 7) is 40.3. The molecular weight excluding hydrogens is 1750 g/mol. The van der Waals surface area contributed by atoms with Crippen LogP contribution in [0.4, 0.5) is 0 Å². The normalized spacial score (nSPS) is 29.6. The van der Waals surface area contributed by atoms with Crippen LogP contribution in [0.5, 0.6) is 34.9 Å². The van der Waals surface area contributed by atoms with Crippen molar-refractivity contribution in [2.45, 2.75) is 351 Å². The van der Waals surface area contributed by atoms with E-state index in [1.54, 1.807) is 71.0 Å². The standard InChI is InChI=1S/C37H53N3O7.C37H51N3O7.C33H45N3O7/c2*1-10-37-20-23(37)14-12-11-13-15-27-32(39-28-18-24(44-9)16-17-26(28)38-27)45-29-21-40(31(22(29)2)34(43)47-36(6,7)8)33(42)25(35(3,4)5)19-30(41)46-37;1-7-33-17-20(33)11-9-8-10-12-24-29(35-25-15-21(41-6)13-14-23(25)34-24)42-26-18-36(28(19(26)2)31(39)40)30(38)22(32(3,4)5)16-27(37)43-33/h16-18,22-23,25,29,31H,10-15,19-21H2,1-9H3;13,15-18,22-23,25,29,31H,10-12,14,19-21H2,1-9H3;13-15,19-20,22,26,28H,7-12,16-18H2,1-6H3,(H,39,40)/b;15-13+;/t2*22-,23?,25-,29+,31+,37?;19-,20?,22-,26+,28+,33?/m111/s1. The SMILES string of the molecule is CCC12CC1CCC/C=C/c1nc3ccc(OC)cc3nc1O[C@H]1CN(C(=O)[C@H](C(C)(C)C)CC(=O)O2)[C@H](C(=O)OC(C)(C)C)[C@@H]1C.CCC12CC1CCCCCc1nc3ccc(OC)cc3nc1O[C@H]1CN(C(=O)[C@H](C(C)(C)C)CC(=O)O2)[C@H](C(=O)O)[C@@H]1C.CCC12CC1CCCCCc1nc3ccc(OC)cc3nc1O[C@H]1CN(C(=O)[C@H](C(C)(C)C)CC(=O)O2)[C@H](C(=O)OC(C)(C)C)[C@@H]1C. The van der Waals surface area contributed by atoms with Crippen molar-refractivity contribution >= 4 is 92.7 Å². The first kappa shape index (κ1) is 104. The molecule has 748 valence electrons. The Labute approximate surface area is 807 Å². The fourth-order valence-electron chi connectivity index (χ4n) is 21.1. The maximum atomic E-state index is 14.6. The van der Waals surface area contributed by atoms with Crippen LogP contribution in [0, 0.1) is 69.5 Å². The number of aryl methyl sites for hydroxylation is 2. The Morgan fingerprint density at radius 3 is 1.07 bits per heavy atom. The maximum Gasteiger partial charge on any atom is 0.329 e. The first-order valence-corrected chi connectivity index (χ1v) is 49.9. The van der Waals surface area contributed by atoms with E-state index in [2.05, 4.69) is 19.9 Å². The van der Waals surface area contributed by atoms with Gasteiger partial charge in [0, 0.05) is 53.7 Å². The molecule has 6 bridgehead atoms. The highest BCUT2D eigenvalue weighted by Crippen LogP contribution is 2.56. The monoisotopic (exact) mass is 1900 g/mol. The highest BCUT2D eigenvalue weighted by molar-refractivity contribution is 5.92. The second-order valence-electron chi connectivity index (χ2n) is 45.0. The highest BCUT2D eigenvalue weighted by Gasteiger charge is 2.61. The van der Waals surface area contributed by atoms with E-state index in [4.69, 9.17) is 82.0 Å². The summed E-state index contributed by atoms with van der Waals surface area (Å²) in [5, 5.41) is 10.3. The summed E-state index contributed by atoms with van der Waals surface area (Å²) in [5.74, 6) is -3.77. The van der Waals surface area contributed by atoms with Crippen molar-refractivity contribution in [2.75, 3.05) is 41.0 Å². The zero-order valence-electron chi connectivity index (χ0n) is 85.3. The number of rotatable bonds is 9. The summed E-state index contributed by atoms with van der Waals surface area (Å²) in [6, 6.07) is 13.7. The van der Waals surface area contributed by atoms with Crippen LogP contribution in [0.2, 0.25) is 0 Å². The number of amides is 3. The molecule has 6 aliphatic heterocycles. The predicted molar refractivity (Wildman–Crippen MR) is 516 cm³/mol. The van der Waals surface area contributed by atoms with Crippen LogP contribution in [-0.2, 0) is 79.7 Å². The zero-order valence-corrected chi connectivity index (χ0v) is 85.3. The number of benzene rings is 3. The summed E-state index contributed by atoms with van der Waals surface area (Å²) < 4.78 is 66.1. The van der Waals surface area contributed by atoms with E-state index in [0.29, 0.717) is 93.2 Å². The summed E-state index contributed by atoms with van der Waals surface area (Å²) in [6.07, 6.45) is 18.5. The number of esters is 5. The van der Waals surface area contributed by atoms with Gasteiger partial charge in [-0.15, -0.1) is 0 Å². The van der Waals surface area contributed by atoms with Crippen molar-refractivity contribution in [2.24, 2.45) is 69.5 Å². The number of allylic oxidation sites excluding steroid dienone is 1. The van der Waals surface area contributed by atoms with Gasteiger partial charge in [0.15, 0.2) is 0 Å². The lowest BCUT2D eigenvalue weighted by molar-refractivity contribution is -0.167. The van der Waals surface area contributed by atoms with E-state index in [0.717, 1.165) is 132 Å². The first-order chi connectivity index (χ1) is 64.5. The van der Waals surface area contributed by atoms with E-state index >= 15 is 0 Å². The molecule has 3 aromatic carbocycles. The summed E-state index contributed by atoms with van der Waals surface area (Å²) in [5.41, 5.74) is 1.43. The predicted octanol–water partition coefficient (Wildman–Crippen LogP) is 18.2. The summed E-state index contributed by atoms with van der Waals surface area (Å²) in [4.78, 5) is 158. The lowest BCUT2D eigenvalue weighted by atomic mass is 9.77. The van der Waals surface area contributed by atoms with Gasteiger partial charge in [0.05, 0.1) is 111 Å². The smallest absolute Gasteiger partial charge is 0.329 e. The van der Waals surface area contributed by atoms with Crippen molar-refractivity contribution in [3.8, 4) is 34.9 Å². The highest BCUT2D eigenvalue weighted by atomic mass is 16.6. The number of nitrogens with zero attached hydrogens (tertiary/aromatic N) is 9. The Hall–Kier alpha value is -10.5. The fourth-order valence-corrected chi connectivity index (χ4v) is 21.1. The number of hydrogen-bond donors (Lipinski definition) is 1. The molecule has 9 aliphatic rings. The van der Waals surface area contributed by atoms with Crippen LogP contribution in [0.25, 0.3) is 39.2 Å². The molecule has 30 heteroatoms. The van der Waals surface area contributed by atoms with Crippen molar-refractivity contribution in [1.29, 1.82) is 0 Å². The van der Waals surface area contributed by atoms with Gasteiger partial charge in [-0.3, -0.25) is 28.8 Å². The van der Waals surface area contributed by atoms with Gasteiger partial charge in [-0.2, -0.15) is 0 Å². The Kier molecular flexibility index (Phi) is 31.4. The van der Waals surface area contributed by atoms with Gasteiger partial charge in [0.25, 0.3) is 0 Å². The van der Waals surface area contributed by atoms with Crippen LogP contribution in [0.3, 0.4) is 0 Å². The molecular formula is C107H149N9O21. The second kappa shape index (κ2) is 41.5. The largest absolute Gasteiger partial charge is 0.497 e. The Morgan fingerprint density at radius 2 is 0.737 bits per heavy atom. The molecule has 1 N–H and O–H groups in total. The van der Waals surface area contributed by atoms with Crippen molar-refractivity contribution in [1.82, 2.24) is 44.6 Å². The van der Waals surface area contributed by atoms with Gasteiger partial charge in [-0.25, -0.2) is 44.3 Å². The Balaban J connectivity index is 0.000000174. The number of aliphatic carboxylic acids is 1. The lowest BCUT2D eigenvalue weighted by Gasteiger charge is -2.35. The number of carboxylic acid groups (broad SMARTS) is 1. The Bertz CT molecular complexity index is 5470. The molecule has 6 fully saturated rings. The first-order valence-electron chi connectivity index (χ1n) is 49.9. The van der Waals surface area contributed by atoms with Crippen LogP contribution in [0.15, 0.2) is 60.7 Å². The molecule has 3 aromatic heterocycles. The molecule has 6 aromatic rings. The third-order valence-corrected chi connectivity index (χ3v) is 29.8. The number of ether oxygens (including phenoxy) is 11. The van der Waals surface area contributed by atoms with Crippen LogP contribution >= 0.6 is 0 Å². The molecule has 15 rings (SSSR count). The number of hydrogen-bond acceptors (Lipinski definition) is 26. The van der Waals surface area contributed by atoms with Gasteiger partial charge in [0.1, 0.15) is 98.8 Å². The van der Waals surface area contributed by atoms with Gasteiger partial charge >= 0.3 is 35.8 Å². The lowest BCUT2D eigenvalue weighted by Crippen LogP contribution is -2.50. The minimum Gasteiger partial charge on any atom is -0.497 e. The molecule has 3 amide bonds. The third-order valence-electron chi connectivity index (χ3n) is 29.8. The molecule has 30 nitrogen and oxygen atoms in total. The van der Waals surface area contributed by atoms with Gasteiger partial charge in [-0.05, 0) is 197 Å². The molecule has 0 spiro atoms. The number of carbonyl (C=O) groups excluding carboxylic acids is 8. The minimum absolute atomic E-state index is 0.0591. The minimum atomic E-state index is -1.10. The molecule has 18 atom stereocenters. The van der Waals surface area contributed by atoms with Crippen molar-refractivity contribution in [3.05, 3.63) is 77.8 Å². The van der Waals surface area contributed by atoms with Gasteiger partial charge in [0.2, 0.25) is 35.4 Å². The molecule has 3 aliphatic carbocycles. The average Bonchev–Trinajstić information content (AvgIpc) is 1.61. The van der Waals surface area contributed by atoms with E-state index < -0.39 is 140 Å². The summed E-state index contributed by atoms with van der Waals surface area (Å²) in [7, 11) is 4.80. The van der Waals surface area contributed by atoms with Gasteiger partial charge < -0.3 is 71.9 Å². The van der Waals surface area contributed by atoms with E-state index in [-0.39, 0.29) is 68.6 Å². The average molecular weight is 1900 g/mol. The van der Waals surface area contributed by atoms with E-state index in [1.165, 1.54) is 4.90 Å². The van der Waals surface area contributed by atoms with Crippen molar-refractivity contribution < 1.29 is 100 Å². The van der Waals surface area contributed by atoms with Crippen LogP contribution < -0.4 is 28.4 Å². The Morgan fingerprint density at radius 1 is 0.416 bits per heavy atom. The van der Waals surface area contributed by atoms with Crippen LogP contribution in [0.1, 0.15) is 291 Å². The van der Waals surface area contributed by atoms with Crippen molar-refractivity contribution in [3.63, 3.8) is 0 Å². The zero-order chi connectivity index (χ0) is 99.7. The van der Waals surface area contributed by atoms with Crippen LogP contribution in [-0.4, -0.2) is 209 Å². The second-order valence-corrected chi connectivity index (χ2v) is 45.0. The molecule has 137 heavy (non-hydrogen) atoms. The molecule has 3 saturated heterocycles. The quantitative estimate of drug-likeness (QED) is 0.104.